The van der Waals surface area contributed by atoms with E-state index in [1.54, 1.807) is 25.3 Å². The molecule has 0 bridgehead atoms. The Balaban J connectivity index is 2.33. The maximum atomic E-state index is 11.5. The zero-order valence-electron chi connectivity index (χ0n) is 10.5. The Kier molecular flexibility index (Phi) is 3.87. The van der Waals surface area contributed by atoms with E-state index in [0.29, 0.717) is 12.0 Å². The van der Waals surface area contributed by atoms with Gasteiger partial charge in [-0.25, -0.2) is 13.6 Å². The molecule has 4 nitrogen and oxygen atoms in total. The zero-order valence-corrected chi connectivity index (χ0v) is 11.4. The van der Waals surface area contributed by atoms with Crippen LogP contribution in [0.4, 0.5) is 0 Å². The van der Waals surface area contributed by atoms with Crippen molar-refractivity contribution in [3.8, 4) is 5.75 Å². The largest absolute Gasteiger partial charge is 0.497 e. The van der Waals surface area contributed by atoms with Gasteiger partial charge >= 0.3 is 0 Å². The molecule has 0 fully saturated rings. The van der Waals surface area contributed by atoms with E-state index in [9.17, 15) is 8.42 Å². The number of hydrogen-bond donors (Lipinski definition) is 1. The van der Waals surface area contributed by atoms with Crippen LogP contribution < -0.4 is 9.88 Å². The van der Waals surface area contributed by atoms with Gasteiger partial charge in [0.05, 0.1) is 12.0 Å². The van der Waals surface area contributed by atoms with Gasteiger partial charge in [-0.1, -0.05) is 30.3 Å². The molecule has 0 spiro atoms. The molecule has 0 heterocycles. The number of ether oxygens (including phenoxy) is 1. The molecule has 2 aromatic rings. The number of primary sulfonamides is 1. The summed E-state index contributed by atoms with van der Waals surface area (Å²) in [5.74, 6) is 0.767. The molecule has 0 saturated carbocycles. The monoisotopic (exact) mass is 277 g/mol. The molecule has 0 radical (unpaired) electrons. The van der Waals surface area contributed by atoms with E-state index < -0.39 is 10.0 Å². The van der Waals surface area contributed by atoms with Crippen molar-refractivity contribution in [3.63, 3.8) is 0 Å². The lowest BCUT2D eigenvalue weighted by Crippen LogP contribution is -2.14. The fraction of sp³-hybridized carbons (Fsp3) is 0.143. The third-order valence-corrected chi connectivity index (χ3v) is 3.84. The van der Waals surface area contributed by atoms with E-state index in [2.05, 4.69) is 0 Å². The number of rotatable bonds is 4. The predicted octanol–water partition coefficient (Wildman–Crippen LogP) is 1.93. The summed E-state index contributed by atoms with van der Waals surface area (Å²) in [6.45, 7) is 0. The van der Waals surface area contributed by atoms with Gasteiger partial charge in [-0.05, 0) is 35.7 Å². The summed E-state index contributed by atoms with van der Waals surface area (Å²) in [7, 11) is -2.09. The number of nitrogens with two attached hydrogens (primary N) is 1. The van der Waals surface area contributed by atoms with E-state index in [1.807, 2.05) is 24.3 Å². The Hall–Kier alpha value is -1.85. The fourth-order valence-electron chi connectivity index (χ4n) is 1.89. The summed E-state index contributed by atoms with van der Waals surface area (Å²) < 4.78 is 28.1. The van der Waals surface area contributed by atoms with Crippen molar-refractivity contribution in [2.24, 2.45) is 5.14 Å². The molecule has 0 aliphatic rings. The van der Waals surface area contributed by atoms with Crippen LogP contribution in [0.15, 0.2) is 53.4 Å². The lowest BCUT2D eigenvalue weighted by molar-refractivity contribution is 0.414. The van der Waals surface area contributed by atoms with Crippen LogP contribution in [-0.4, -0.2) is 15.5 Å². The molecule has 19 heavy (non-hydrogen) atoms. The maximum absolute atomic E-state index is 11.5. The molecule has 0 atom stereocenters. The minimum Gasteiger partial charge on any atom is -0.497 e. The number of sulfonamides is 1. The fourth-order valence-corrected chi connectivity index (χ4v) is 2.66. The first kappa shape index (κ1) is 13.6. The average molecular weight is 277 g/mol. The highest BCUT2D eigenvalue weighted by Crippen LogP contribution is 2.19. The Morgan fingerprint density at radius 1 is 1.05 bits per heavy atom. The van der Waals surface area contributed by atoms with Crippen LogP contribution in [0.5, 0.6) is 5.75 Å². The van der Waals surface area contributed by atoms with Crippen molar-refractivity contribution < 1.29 is 13.2 Å². The first-order chi connectivity index (χ1) is 9.00. The highest BCUT2D eigenvalue weighted by atomic mass is 32.2. The van der Waals surface area contributed by atoms with Crippen LogP contribution in [0, 0.1) is 0 Å². The topological polar surface area (TPSA) is 69.4 Å². The van der Waals surface area contributed by atoms with Gasteiger partial charge in [0.15, 0.2) is 0 Å². The Labute approximate surface area is 112 Å². The zero-order chi connectivity index (χ0) is 13.9. The molecule has 0 aromatic heterocycles. The second kappa shape index (κ2) is 5.42. The summed E-state index contributed by atoms with van der Waals surface area (Å²) in [4.78, 5) is 0.172. The lowest BCUT2D eigenvalue weighted by Gasteiger charge is -2.08. The highest BCUT2D eigenvalue weighted by Gasteiger charge is 2.13. The van der Waals surface area contributed by atoms with Gasteiger partial charge < -0.3 is 4.74 Å². The van der Waals surface area contributed by atoms with Gasteiger partial charge in [-0.3, -0.25) is 0 Å². The van der Waals surface area contributed by atoms with Gasteiger partial charge in [0.25, 0.3) is 0 Å². The maximum Gasteiger partial charge on any atom is 0.238 e. The minimum atomic E-state index is -3.69. The van der Waals surface area contributed by atoms with Crippen LogP contribution in [0.25, 0.3) is 0 Å². The molecule has 5 heteroatoms. The Bertz CT molecular complexity index is 663. The quantitative estimate of drug-likeness (QED) is 0.928. The number of hydrogen-bond acceptors (Lipinski definition) is 3. The van der Waals surface area contributed by atoms with Crippen LogP contribution in [-0.2, 0) is 16.4 Å². The van der Waals surface area contributed by atoms with Gasteiger partial charge in [0, 0.05) is 0 Å². The number of benzene rings is 2. The summed E-state index contributed by atoms with van der Waals surface area (Å²) in [6, 6.07) is 14.2. The summed E-state index contributed by atoms with van der Waals surface area (Å²) in [5.41, 5.74) is 1.69. The lowest BCUT2D eigenvalue weighted by atomic mass is 10.1. The molecule has 0 aliphatic carbocycles. The van der Waals surface area contributed by atoms with Gasteiger partial charge in [0.1, 0.15) is 5.75 Å². The highest BCUT2D eigenvalue weighted by molar-refractivity contribution is 7.89. The SMILES string of the molecule is COc1ccc(Cc2ccccc2S(N)(=O)=O)cc1. The molecule has 0 amide bonds. The van der Waals surface area contributed by atoms with Crippen LogP contribution in [0.3, 0.4) is 0 Å². The molecular formula is C14H15NO3S. The molecule has 2 aromatic carbocycles. The van der Waals surface area contributed by atoms with E-state index >= 15 is 0 Å². The Morgan fingerprint density at radius 2 is 1.68 bits per heavy atom. The normalized spacial score (nSPS) is 11.3. The third-order valence-electron chi connectivity index (χ3n) is 2.83. The van der Waals surface area contributed by atoms with Gasteiger partial charge in [-0.2, -0.15) is 0 Å². The van der Waals surface area contributed by atoms with E-state index in [-0.39, 0.29) is 4.90 Å². The van der Waals surface area contributed by atoms with Crippen molar-refractivity contribution in [2.45, 2.75) is 11.3 Å². The van der Waals surface area contributed by atoms with Crippen LogP contribution >= 0.6 is 0 Å². The Morgan fingerprint density at radius 3 is 2.26 bits per heavy atom. The average Bonchev–Trinajstić information content (AvgIpc) is 2.39. The summed E-state index contributed by atoms with van der Waals surface area (Å²) in [5, 5.41) is 5.21. The van der Waals surface area contributed by atoms with E-state index in [1.165, 1.54) is 6.07 Å². The second-order valence-corrected chi connectivity index (χ2v) is 5.71. The standard InChI is InChI=1S/C14H15NO3S/c1-18-13-8-6-11(7-9-13)10-12-4-2-3-5-14(12)19(15,16)17/h2-9H,10H2,1H3,(H2,15,16,17). The molecule has 2 N–H and O–H groups in total. The van der Waals surface area contributed by atoms with Crippen LogP contribution in [0.2, 0.25) is 0 Å². The minimum absolute atomic E-state index is 0.172. The smallest absolute Gasteiger partial charge is 0.238 e. The summed E-state index contributed by atoms with van der Waals surface area (Å²) >= 11 is 0. The molecule has 2 rings (SSSR count). The molecule has 100 valence electrons. The second-order valence-electron chi connectivity index (χ2n) is 4.18. The summed E-state index contributed by atoms with van der Waals surface area (Å²) in [6.07, 6.45) is 0.511. The first-order valence-electron chi connectivity index (χ1n) is 5.74. The molecule has 0 saturated heterocycles. The molecule has 0 unspecified atom stereocenters. The van der Waals surface area contributed by atoms with Crippen molar-refractivity contribution in [1.82, 2.24) is 0 Å². The van der Waals surface area contributed by atoms with Crippen LogP contribution in [0.1, 0.15) is 11.1 Å². The van der Waals surface area contributed by atoms with Crippen molar-refractivity contribution >= 4 is 10.0 Å². The van der Waals surface area contributed by atoms with Crippen molar-refractivity contribution in [3.05, 3.63) is 59.7 Å². The third kappa shape index (κ3) is 3.33. The van der Waals surface area contributed by atoms with Crippen molar-refractivity contribution in [1.29, 1.82) is 0 Å². The van der Waals surface area contributed by atoms with E-state index in [4.69, 9.17) is 9.88 Å². The molecule has 0 aliphatic heterocycles. The van der Waals surface area contributed by atoms with Crippen molar-refractivity contribution in [2.75, 3.05) is 7.11 Å². The number of methoxy groups -OCH3 is 1. The van der Waals surface area contributed by atoms with Gasteiger partial charge in [0.2, 0.25) is 10.0 Å². The van der Waals surface area contributed by atoms with Gasteiger partial charge in [-0.15, -0.1) is 0 Å². The molecular weight excluding hydrogens is 262 g/mol. The van der Waals surface area contributed by atoms with E-state index in [0.717, 1.165) is 11.3 Å². The predicted molar refractivity (Wildman–Crippen MR) is 73.6 cm³/mol. The first-order valence-corrected chi connectivity index (χ1v) is 7.29.